The van der Waals surface area contributed by atoms with E-state index in [1.165, 1.54) is 0 Å². The van der Waals surface area contributed by atoms with Crippen molar-refractivity contribution in [2.75, 3.05) is 5.88 Å². The number of hydrogen-bond donors (Lipinski definition) is 1. The zero-order valence-electron chi connectivity index (χ0n) is 4.94. The number of hydrogen-bond acceptors (Lipinski definition) is 1. The minimum atomic E-state index is -0.319. The fourth-order valence-corrected chi connectivity index (χ4v) is 0.877. The molecule has 0 fully saturated rings. The van der Waals surface area contributed by atoms with Crippen molar-refractivity contribution < 1.29 is 4.79 Å². The van der Waals surface area contributed by atoms with E-state index in [2.05, 4.69) is 15.9 Å². The van der Waals surface area contributed by atoms with Gasteiger partial charge >= 0.3 is 0 Å². The van der Waals surface area contributed by atoms with Gasteiger partial charge in [-0.1, -0.05) is 15.9 Å². The van der Waals surface area contributed by atoms with E-state index >= 15 is 0 Å². The monoisotopic (exact) mass is 213 g/mol. The van der Waals surface area contributed by atoms with Crippen LogP contribution in [0.4, 0.5) is 0 Å². The van der Waals surface area contributed by atoms with Crippen molar-refractivity contribution in [3.63, 3.8) is 0 Å². The zero-order valence-corrected chi connectivity index (χ0v) is 7.28. The number of nitrogens with two attached hydrogens (primary N) is 1. The van der Waals surface area contributed by atoms with Crippen molar-refractivity contribution >= 4 is 33.4 Å². The van der Waals surface area contributed by atoms with Crippen LogP contribution < -0.4 is 5.73 Å². The molecule has 0 aliphatic carbocycles. The number of primary amides is 1. The van der Waals surface area contributed by atoms with E-state index in [1.54, 1.807) is 0 Å². The zero-order chi connectivity index (χ0) is 7.28. The van der Waals surface area contributed by atoms with Crippen LogP contribution in [-0.2, 0) is 4.79 Å². The number of halogens is 2. The molecule has 0 saturated heterocycles. The lowest BCUT2D eigenvalue weighted by molar-refractivity contribution is -0.117. The standard InChI is InChI=1S/C5H9BrClNO/c6-4(5(8)9)2-1-3-7/h4H,1-3H2,(H2,8,9). The van der Waals surface area contributed by atoms with Crippen LogP contribution in [0.5, 0.6) is 0 Å². The molecule has 0 rings (SSSR count). The molecule has 0 spiro atoms. The van der Waals surface area contributed by atoms with Gasteiger partial charge in [0.15, 0.2) is 0 Å². The van der Waals surface area contributed by atoms with Crippen molar-refractivity contribution in [1.82, 2.24) is 0 Å². The molecule has 0 aromatic rings. The average molecular weight is 214 g/mol. The van der Waals surface area contributed by atoms with Crippen LogP contribution in [0.3, 0.4) is 0 Å². The quantitative estimate of drug-likeness (QED) is 0.704. The van der Waals surface area contributed by atoms with E-state index < -0.39 is 0 Å². The van der Waals surface area contributed by atoms with Gasteiger partial charge in [0.1, 0.15) is 0 Å². The Labute approximate surface area is 67.9 Å². The Hall–Kier alpha value is 0.240. The van der Waals surface area contributed by atoms with E-state index in [4.69, 9.17) is 17.3 Å². The fraction of sp³-hybridized carbons (Fsp3) is 0.800. The van der Waals surface area contributed by atoms with Gasteiger partial charge in [0.2, 0.25) is 5.91 Å². The molecule has 1 amide bonds. The van der Waals surface area contributed by atoms with Gasteiger partial charge < -0.3 is 5.73 Å². The maximum atomic E-state index is 10.3. The third-order valence-corrected chi connectivity index (χ3v) is 2.08. The molecule has 0 aromatic heterocycles. The van der Waals surface area contributed by atoms with Crippen LogP contribution in [0, 0.1) is 0 Å². The number of carbonyl (C=O) groups is 1. The molecule has 0 bridgehead atoms. The summed E-state index contributed by atoms with van der Waals surface area (Å²) >= 11 is 8.49. The second kappa shape index (κ2) is 5.06. The second-order valence-electron chi connectivity index (χ2n) is 1.70. The Morgan fingerprint density at radius 1 is 1.78 bits per heavy atom. The van der Waals surface area contributed by atoms with Gasteiger partial charge in [-0.05, 0) is 12.8 Å². The Bertz CT molecular complexity index is 99.0. The molecular formula is C5H9BrClNO. The van der Waals surface area contributed by atoms with Gasteiger partial charge in [-0.2, -0.15) is 0 Å². The highest BCUT2D eigenvalue weighted by atomic mass is 79.9. The van der Waals surface area contributed by atoms with E-state index in [0.717, 1.165) is 12.8 Å². The molecule has 0 saturated carbocycles. The number of amides is 1. The van der Waals surface area contributed by atoms with Crippen LogP contribution in [0.25, 0.3) is 0 Å². The lowest BCUT2D eigenvalue weighted by Gasteiger charge is -2.00. The summed E-state index contributed by atoms with van der Waals surface area (Å²) in [5.74, 6) is 0.259. The molecular weight excluding hydrogens is 205 g/mol. The van der Waals surface area contributed by atoms with E-state index in [0.29, 0.717) is 5.88 Å². The van der Waals surface area contributed by atoms with E-state index in [1.807, 2.05) is 0 Å². The molecule has 2 nitrogen and oxygen atoms in total. The van der Waals surface area contributed by atoms with Crippen molar-refractivity contribution in [3.8, 4) is 0 Å². The second-order valence-corrected chi connectivity index (χ2v) is 3.18. The third-order valence-electron chi connectivity index (χ3n) is 0.900. The van der Waals surface area contributed by atoms with Crippen molar-refractivity contribution in [2.24, 2.45) is 5.73 Å². The predicted octanol–water partition coefficient (Wildman–Crippen LogP) is 1.25. The molecule has 1 atom stereocenters. The van der Waals surface area contributed by atoms with Gasteiger partial charge in [0.25, 0.3) is 0 Å². The van der Waals surface area contributed by atoms with Gasteiger partial charge in [-0.3, -0.25) is 4.79 Å². The summed E-state index contributed by atoms with van der Waals surface area (Å²) < 4.78 is 0. The minimum absolute atomic E-state index is 0.212. The van der Waals surface area contributed by atoms with Crippen LogP contribution in [0.1, 0.15) is 12.8 Å². The molecule has 0 radical (unpaired) electrons. The summed E-state index contributed by atoms with van der Waals surface area (Å²) in [5, 5.41) is 0. The Kier molecular flexibility index (Phi) is 5.19. The van der Waals surface area contributed by atoms with Crippen LogP contribution in [-0.4, -0.2) is 16.6 Å². The molecule has 0 aromatic carbocycles. The molecule has 1 unspecified atom stereocenters. The van der Waals surface area contributed by atoms with Crippen molar-refractivity contribution in [1.29, 1.82) is 0 Å². The molecule has 0 heterocycles. The Morgan fingerprint density at radius 3 is 2.67 bits per heavy atom. The lowest BCUT2D eigenvalue weighted by atomic mass is 10.2. The number of alkyl halides is 2. The normalized spacial score (nSPS) is 13.1. The number of carbonyl (C=O) groups excluding carboxylic acids is 1. The first-order valence-electron chi connectivity index (χ1n) is 2.68. The highest BCUT2D eigenvalue weighted by molar-refractivity contribution is 9.10. The first kappa shape index (κ1) is 9.24. The molecule has 9 heavy (non-hydrogen) atoms. The summed E-state index contributed by atoms with van der Waals surface area (Å²) in [5.41, 5.74) is 4.95. The first-order chi connectivity index (χ1) is 4.18. The molecule has 2 N–H and O–H groups in total. The number of rotatable bonds is 4. The largest absolute Gasteiger partial charge is 0.369 e. The maximum absolute atomic E-state index is 10.3. The lowest BCUT2D eigenvalue weighted by Crippen LogP contribution is -2.22. The maximum Gasteiger partial charge on any atom is 0.231 e. The summed E-state index contributed by atoms with van der Waals surface area (Å²) in [6, 6.07) is 0. The van der Waals surface area contributed by atoms with Crippen molar-refractivity contribution in [3.05, 3.63) is 0 Å². The summed E-state index contributed by atoms with van der Waals surface area (Å²) in [4.78, 5) is 10.1. The van der Waals surface area contributed by atoms with Gasteiger partial charge in [0.05, 0.1) is 4.83 Å². The highest BCUT2D eigenvalue weighted by Crippen LogP contribution is 2.07. The van der Waals surface area contributed by atoms with Gasteiger partial charge in [-0.15, -0.1) is 11.6 Å². The van der Waals surface area contributed by atoms with Crippen LogP contribution in [0.15, 0.2) is 0 Å². The first-order valence-corrected chi connectivity index (χ1v) is 4.13. The van der Waals surface area contributed by atoms with Crippen LogP contribution >= 0.6 is 27.5 Å². The van der Waals surface area contributed by atoms with E-state index in [-0.39, 0.29) is 10.7 Å². The summed E-state index contributed by atoms with van der Waals surface area (Å²) in [6.07, 6.45) is 1.54. The molecule has 0 aliphatic heterocycles. The van der Waals surface area contributed by atoms with Gasteiger partial charge in [-0.25, -0.2) is 0 Å². The van der Waals surface area contributed by atoms with Crippen LogP contribution in [0.2, 0.25) is 0 Å². The minimum Gasteiger partial charge on any atom is -0.369 e. The van der Waals surface area contributed by atoms with Gasteiger partial charge in [0, 0.05) is 5.88 Å². The smallest absolute Gasteiger partial charge is 0.231 e. The third kappa shape index (κ3) is 4.73. The van der Waals surface area contributed by atoms with E-state index in [9.17, 15) is 4.79 Å². The SMILES string of the molecule is NC(=O)C(Br)CCCCl. The predicted molar refractivity (Wildman–Crippen MR) is 41.9 cm³/mol. The average Bonchev–Trinajstić information content (AvgIpc) is 1.82. The van der Waals surface area contributed by atoms with Crippen molar-refractivity contribution in [2.45, 2.75) is 17.7 Å². The highest BCUT2D eigenvalue weighted by Gasteiger charge is 2.08. The molecule has 4 heteroatoms. The topological polar surface area (TPSA) is 43.1 Å². The Balaban J connectivity index is 3.27. The summed E-state index contributed by atoms with van der Waals surface area (Å²) in [6.45, 7) is 0. The summed E-state index contributed by atoms with van der Waals surface area (Å²) in [7, 11) is 0. The molecule has 0 aliphatic rings. The molecule has 54 valence electrons. The Morgan fingerprint density at radius 2 is 2.33 bits per heavy atom. The fourth-order valence-electron chi connectivity index (χ4n) is 0.399.